The van der Waals surface area contributed by atoms with Gasteiger partial charge in [0.05, 0.1) is 24.6 Å². The van der Waals surface area contributed by atoms with Crippen LogP contribution in [0.3, 0.4) is 0 Å². The fourth-order valence-electron chi connectivity index (χ4n) is 3.18. The van der Waals surface area contributed by atoms with E-state index in [0.717, 1.165) is 48.9 Å². The Morgan fingerprint density at radius 1 is 0.553 bits per heavy atom. The lowest BCUT2D eigenvalue weighted by Gasteiger charge is -2.03. The van der Waals surface area contributed by atoms with E-state index in [1.54, 1.807) is 36.7 Å². The fraction of sp³-hybridized carbons (Fsp3) is 0.188. The molecular formula is C32H34N2O4. The number of aliphatic imine (C=N–C) groups is 2. The second-order valence-electron chi connectivity index (χ2n) is 8.32. The van der Waals surface area contributed by atoms with E-state index in [9.17, 15) is 10.2 Å². The second-order valence-corrected chi connectivity index (χ2v) is 8.32. The average molecular weight is 511 g/mol. The minimum absolute atomic E-state index is 0.231. The molecule has 0 spiro atoms. The molecule has 0 radical (unpaired) electrons. The largest absolute Gasteiger partial charge is 0.507 e. The Morgan fingerprint density at radius 3 is 1.26 bits per heavy atom. The van der Waals surface area contributed by atoms with Crippen molar-refractivity contribution < 1.29 is 19.7 Å². The zero-order valence-electron chi connectivity index (χ0n) is 21.8. The molecule has 0 aliphatic carbocycles. The number of aromatic hydroxyl groups is 2. The summed E-state index contributed by atoms with van der Waals surface area (Å²) in [7, 11) is 0. The number of benzene rings is 4. The summed E-state index contributed by atoms with van der Waals surface area (Å²) in [4.78, 5) is 8.64. The molecular weight excluding hydrogens is 476 g/mol. The van der Waals surface area contributed by atoms with E-state index in [-0.39, 0.29) is 11.5 Å². The maximum Gasteiger partial charge on any atom is 0.124 e. The molecule has 0 bridgehead atoms. The Kier molecular flexibility index (Phi) is 11.4. The third-order valence-corrected chi connectivity index (χ3v) is 5.20. The van der Waals surface area contributed by atoms with Crippen molar-refractivity contribution in [2.45, 2.75) is 26.7 Å². The Labute approximate surface area is 224 Å². The Bertz CT molecular complexity index is 1200. The van der Waals surface area contributed by atoms with Crippen molar-refractivity contribution in [3.63, 3.8) is 0 Å². The molecule has 4 rings (SSSR count). The van der Waals surface area contributed by atoms with Crippen molar-refractivity contribution in [1.29, 1.82) is 0 Å². The van der Waals surface area contributed by atoms with Gasteiger partial charge in [0.15, 0.2) is 0 Å². The lowest BCUT2D eigenvalue weighted by Crippen LogP contribution is -1.93. The lowest BCUT2D eigenvalue weighted by atomic mass is 10.2. The third kappa shape index (κ3) is 9.47. The Morgan fingerprint density at radius 2 is 0.921 bits per heavy atom. The van der Waals surface area contributed by atoms with Crippen LogP contribution in [0.15, 0.2) is 107 Å². The lowest BCUT2D eigenvalue weighted by molar-refractivity contribution is 0.317. The van der Waals surface area contributed by atoms with Crippen molar-refractivity contribution in [2.24, 2.45) is 9.98 Å². The summed E-state index contributed by atoms with van der Waals surface area (Å²) in [5.41, 5.74) is 3.06. The number of phenolic OH excluding ortho intramolecular Hbond substituents is 2. The van der Waals surface area contributed by atoms with Gasteiger partial charge in [-0.25, -0.2) is 0 Å². The molecule has 6 nitrogen and oxygen atoms in total. The molecule has 0 heterocycles. The molecule has 38 heavy (non-hydrogen) atoms. The highest BCUT2D eigenvalue weighted by atomic mass is 16.5. The highest BCUT2D eigenvalue weighted by Crippen LogP contribution is 2.21. The van der Waals surface area contributed by atoms with Crippen LogP contribution in [0.5, 0.6) is 23.0 Å². The summed E-state index contributed by atoms with van der Waals surface area (Å²) in [6, 6.07) is 29.4. The van der Waals surface area contributed by atoms with Crippen molar-refractivity contribution in [2.75, 3.05) is 13.2 Å². The summed E-state index contributed by atoms with van der Waals surface area (Å²) in [6.45, 7) is 5.59. The molecule has 0 amide bonds. The standard InChI is InChI=1S/2C16H17NO2/c2*1-2-11-19-15-9-7-14(8-10-15)17-12-13-5-3-4-6-16(13)18/h2*3-10,12,18H,2,11H2,1H3. The molecule has 196 valence electrons. The molecule has 0 unspecified atom stereocenters. The first-order valence-electron chi connectivity index (χ1n) is 12.7. The quantitative estimate of drug-likeness (QED) is 0.213. The molecule has 2 N–H and O–H groups in total. The van der Waals surface area contributed by atoms with Crippen LogP contribution in [0.1, 0.15) is 37.8 Å². The first-order chi connectivity index (χ1) is 18.6. The zero-order valence-corrected chi connectivity index (χ0v) is 21.8. The van der Waals surface area contributed by atoms with Gasteiger partial charge in [-0.05, 0) is 85.6 Å². The summed E-state index contributed by atoms with van der Waals surface area (Å²) in [5.74, 6) is 2.16. The van der Waals surface area contributed by atoms with Gasteiger partial charge < -0.3 is 19.7 Å². The molecule has 6 heteroatoms. The van der Waals surface area contributed by atoms with Gasteiger partial charge >= 0.3 is 0 Å². The van der Waals surface area contributed by atoms with E-state index in [1.165, 1.54) is 0 Å². The van der Waals surface area contributed by atoms with Gasteiger partial charge in [0, 0.05) is 23.6 Å². The number of ether oxygens (including phenoxy) is 2. The third-order valence-electron chi connectivity index (χ3n) is 5.20. The number of hydrogen-bond donors (Lipinski definition) is 2. The monoisotopic (exact) mass is 510 g/mol. The van der Waals surface area contributed by atoms with Gasteiger partial charge in [-0.1, -0.05) is 38.1 Å². The molecule has 4 aromatic carbocycles. The van der Waals surface area contributed by atoms with Crippen LogP contribution in [0.4, 0.5) is 11.4 Å². The summed E-state index contributed by atoms with van der Waals surface area (Å²) < 4.78 is 11.0. The molecule has 0 aliphatic rings. The summed E-state index contributed by atoms with van der Waals surface area (Å²) in [5, 5.41) is 19.2. The van der Waals surface area contributed by atoms with E-state index in [0.29, 0.717) is 11.1 Å². The second kappa shape index (κ2) is 15.5. The number of phenols is 2. The van der Waals surface area contributed by atoms with Crippen LogP contribution in [0.2, 0.25) is 0 Å². The van der Waals surface area contributed by atoms with E-state index in [4.69, 9.17) is 9.47 Å². The number of hydrogen-bond acceptors (Lipinski definition) is 6. The van der Waals surface area contributed by atoms with Gasteiger partial charge in [-0.15, -0.1) is 0 Å². The highest BCUT2D eigenvalue weighted by Gasteiger charge is 1.98. The minimum Gasteiger partial charge on any atom is -0.507 e. The minimum atomic E-state index is 0.231. The first-order valence-corrected chi connectivity index (χ1v) is 12.7. The fourth-order valence-corrected chi connectivity index (χ4v) is 3.18. The normalized spacial score (nSPS) is 10.8. The molecule has 0 fully saturated rings. The van der Waals surface area contributed by atoms with E-state index in [2.05, 4.69) is 23.8 Å². The molecule has 0 saturated carbocycles. The van der Waals surface area contributed by atoms with E-state index in [1.807, 2.05) is 72.8 Å². The van der Waals surface area contributed by atoms with Crippen molar-refractivity contribution in [3.8, 4) is 23.0 Å². The van der Waals surface area contributed by atoms with Crippen LogP contribution in [0, 0.1) is 0 Å². The van der Waals surface area contributed by atoms with Crippen molar-refractivity contribution in [3.05, 3.63) is 108 Å². The van der Waals surface area contributed by atoms with Crippen LogP contribution < -0.4 is 9.47 Å². The number of nitrogens with zero attached hydrogens (tertiary/aromatic N) is 2. The zero-order chi connectivity index (χ0) is 27.0. The van der Waals surface area contributed by atoms with Crippen LogP contribution in [-0.2, 0) is 0 Å². The summed E-state index contributed by atoms with van der Waals surface area (Å²) in [6.07, 6.45) is 5.29. The number of rotatable bonds is 10. The van der Waals surface area contributed by atoms with Gasteiger partial charge in [0.25, 0.3) is 0 Å². The SMILES string of the molecule is CCCOc1ccc(N=Cc2ccccc2O)cc1.CCCOc1ccc(N=Cc2ccccc2O)cc1. The van der Waals surface area contributed by atoms with Crippen molar-refractivity contribution >= 4 is 23.8 Å². The molecule has 0 aliphatic heterocycles. The number of para-hydroxylation sites is 2. The van der Waals surface area contributed by atoms with Crippen LogP contribution in [-0.4, -0.2) is 35.9 Å². The summed E-state index contributed by atoms with van der Waals surface area (Å²) >= 11 is 0. The van der Waals surface area contributed by atoms with Gasteiger partial charge in [0.2, 0.25) is 0 Å². The predicted molar refractivity (Wildman–Crippen MR) is 155 cm³/mol. The van der Waals surface area contributed by atoms with Gasteiger partial charge in [-0.3, -0.25) is 9.98 Å². The van der Waals surface area contributed by atoms with E-state index < -0.39 is 0 Å². The van der Waals surface area contributed by atoms with Crippen LogP contribution >= 0.6 is 0 Å². The van der Waals surface area contributed by atoms with Gasteiger partial charge in [0.1, 0.15) is 23.0 Å². The van der Waals surface area contributed by atoms with E-state index >= 15 is 0 Å². The first kappa shape index (κ1) is 28.0. The van der Waals surface area contributed by atoms with Gasteiger partial charge in [-0.2, -0.15) is 0 Å². The Hall–Kier alpha value is -4.58. The molecule has 0 aromatic heterocycles. The maximum absolute atomic E-state index is 9.62. The van der Waals surface area contributed by atoms with Crippen molar-refractivity contribution in [1.82, 2.24) is 0 Å². The smallest absolute Gasteiger partial charge is 0.124 e. The molecule has 0 atom stereocenters. The highest BCUT2D eigenvalue weighted by molar-refractivity contribution is 5.85. The molecule has 0 saturated heterocycles. The maximum atomic E-state index is 9.62. The average Bonchev–Trinajstić information content (AvgIpc) is 2.95. The van der Waals surface area contributed by atoms with Crippen LogP contribution in [0.25, 0.3) is 0 Å². The topological polar surface area (TPSA) is 83.6 Å². The predicted octanol–water partition coefficient (Wildman–Crippen LogP) is 7.86. The molecule has 4 aromatic rings. The Balaban J connectivity index is 0.000000211.